The van der Waals surface area contributed by atoms with Gasteiger partial charge in [-0.05, 0) is 12.1 Å². The summed E-state index contributed by atoms with van der Waals surface area (Å²) in [6.07, 6.45) is 4.58. The van der Waals surface area contributed by atoms with Crippen LogP contribution in [0.4, 0.5) is 10.1 Å². The molecule has 2 N–H and O–H groups in total. The molecule has 1 aliphatic rings. The van der Waals surface area contributed by atoms with Crippen LogP contribution in [0.5, 0.6) is 0 Å². The molecule has 5 nitrogen and oxygen atoms in total. The second kappa shape index (κ2) is 3.58. The minimum atomic E-state index is -0.475. The molecule has 6 heteroatoms. The van der Waals surface area contributed by atoms with E-state index in [1.54, 1.807) is 22.2 Å². The molecule has 0 spiro atoms. The van der Waals surface area contributed by atoms with Gasteiger partial charge in [0.1, 0.15) is 6.67 Å². The molecule has 86 valence electrons. The van der Waals surface area contributed by atoms with Crippen molar-refractivity contribution in [2.24, 2.45) is 4.99 Å². The van der Waals surface area contributed by atoms with Crippen LogP contribution in [0, 0.1) is 0 Å². The molecule has 17 heavy (non-hydrogen) atoms. The van der Waals surface area contributed by atoms with Crippen molar-refractivity contribution in [3.05, 3.63) is 36.7 Å². The van der Waals surface area contributed by atoms with Crippen molar-refractivity contribution >= 4 is 22.6 Å². The molecule has 3 rings (SSSR count). The number of aromatic nitrogens is 2. The highest BCUT2D eigenvalue weighted by Gasteiger charge is 2.11. The Kier molecular flexibility index (Phi) is 2.07. The zero-order valence-corrected chi connectivity index (χ0v) is 8.92. The van der Waals surface area contributed by atoms with Gasteiger partial charge in [0.25, 0.3) is 0 Å². The van der Waals surface area contributed by atoms with Gasteiger partial charge in [-0.3, -0.25) is 5.01 Å². The lowest BCUT2D eigenvalue weighted by molar-refractivity contribution is 0.622. The quantitative estimate of drug-likeness (QED) is 0.755. The van der Waals surface area contributed by atoms with Crippen LogP contribution in [0.25, 0.3) is 10.9 Å². The molecule has 1 aromatic heterocycles. The number of hydrogen-bond acceptors (Lipinski definition) is 4. The predicted molar refractivity (Wildman–Crippen MR) is 64.9 cm³/mol. The number of halogens is 1. The van der Waals surface area contributed by atoms with E-state index in [2.05, 4.69) is 10.1 Å². The zero-order chi connectivity index (χ0) is 11.8. The molecular formula is C11H10FN5. The number of aliphatic imine (C=N–C) groups is 1. The van der Waals surface area contributed by atoms with Gasteiger partial charge in [0.2, 0.25) is 5.97 Å². The highest BCUT2D eigenvalue weighted by molar-refractivity contribution is 5.91. The Labute approximate surface area is 96.6 Å². The van der Waals surface area contributed by atoms with E-state index in [-0.39, 0.29) is 6.67 Å². The van der Waals surface area contributed by atoms with E-state index in [0.717, 1.165) is 10.9 Å². The summed E-state index contributed by atoms with van der Waals surface area (Å²) < 4.78 is 12.8. The summed E-state index contributed by atoms with van der Waals surface area (Å²) in [5, 5.41) is 6.79. The van der Waals surface area contributed by atoms with Crippen molar-refractivity contribution in [2.45, 2.75) is 0 Å². The normalized spacial score (nSPS) is 15.4. The Morgan fingerprint density at radius 2 is 2.24 bits per heavy atom. The zero-order valence-electron chi connectivity index (χ0n) is 8.92. The molecule has 1 aromatic carbocycles. The standard InChI is InChI=1S/C11H10FN5/c12-11-4-5-16(7-14-11)17-10-3-1-2-9(13)8(10)6-15-17/h1-6H,7,13H2. The number of benzene rings is 1. The van der Waals surface area contributed by atoms with Gasteiger partial charge in [-0.2, -0.15) is 14.3 Å². The highest BCUT2D eigenvalue weighted by Crippen LogP contribution is 2.20. The maximum Gasteiger partial charge on any atom is 0.211 e. The summed E-state index contributed by atoms with van der Waals surface area (Å²) in [7, 11) is 0. The van der Waals surface area contributed by atoms with Crippen molar-refractivity contribution in [3.8, 4) is 0 Å². The minimum Gasteiger partial charge on any atom is -0.398 e. The van der Waals surface area contributed by atoms with Gasteiger partial charge in [-0.15, -0.1) is 0 Å². The SMILES string of the molecule is Nc1cccc2c1cnn2N1C=CC(F)=NC1. The van der Waals surface area contributed by atoms with Crippen molar-refractivity contribution in [1.82, 2.24) is 9.89 Å². The Hall–Kier alpha value is -2.37. The number of rotatable bonds is 1. The third-order valence-electron chi connectivity index (χ3n) is 2.62. The maximum absolute atomic E-state index is 12.8. The first-order chi connectivity index (χ1) is 8.25. The maximum atomic E-state index is 12.8. The third kappa shape index (κ3) is 1.54. The van der Waals surface area contributed by atoms with E-state index in [0.29, 0.717) is 5.69 Å². The summed E-state index contributed by atoms with van der Waals surface area (Å²) in [6, 6.07) is 5.58. The summed E-state index contributed by atoms with van der Waals surface area (Å²) >= 11 is 0. The number of nitrogens with zero attached hydrogens (tertiary/aromatic N) is 4. The molecule has 0 amide bonds. The molecule has 0 unspecified atom stereocenters. The van der Waals surface area contributed by atoms with Gasteiger partial charge >= 0.3 is 0 Å². The Morgan fingerprint density at radius 3 is 3.00 bits per heavy atom. The average Bonchev–Trinajstić information content (AvgIpc) is 2.75. The van der Waals surface area contributed by atoms with Crippen LogP contribution in [0.3, 0.4) is 0 Å². The largest absolute Gasteiger partial charge is 0.398 e. The van der Waals surface area contributed by atoms with Gasteiger partial charge in [-0.1, -0.05) is 6.07 Å². The molecule has 0 fully saturated rings. The second-order valence-corrected chi connectivity index (χ2v) is 3.69. The van der Waals surface area contributed by atoms with Crippen molar-refractivity contribution in [3.63, 3.8) is 0 Å². The van der Waals surface area contributed by atoms with E-state index in [1.165, 1.54) is 6.08 Å². The van der Waals surface area contributed by atoms with Gasteiger partial charge in [0, 0.05) is 23.3 Å². The fraction of sp³-hybridized carbons (Fsp3) is 0.0909. The summed E-state index contributed by atoms with van der Waals surface area (Å²) in [4.78, 5) is 5.34. The molecule has 0 bridgehead atoms. The lowest BCUT2D eigenvalue weighted by Gasteiger charge is -2.20. The summed E-state index contributed by atoms with van der Waals surface area (Å²) in [5.41, 5.74) is 7.38. The Balaban J connectivity index is 2.08. The summed E-state index contributed by atoms with van der Waals surface area (Å²) in [6.45, 7) is 0.202. The fourth-order valence-corrected chi connectivity index (χ4v) is 1.78. The number of hydrogen-bond donors (Lipinski definition) is 1. The Bertz CT molecular complexity index is 628. The Morgan fingerprint density at radius 1 is 1.35 bits per heavy atom. The van der Waals surface area contributed by atoms with Crippen LogP contribution in [0.1, 0.15) is 0 Å². The number of allylic oxidation sites excluding steroid dienone is 1. The van der Waals surface area contributed by atoms with E-state index >= 15 is 0 Å². The first kappa shape index (κ1) is 9.83. The predicted octanol–water partition coefficient (Wildman–Crippen LogP) is 1.41. The van der Waals surface area contributed by atoms with E-state index in [9.17, 15) is 4.39 Å². The number of nitrogen functional groups attached to an aromatic ring is 1. The van der Waals surface area contributed by atoms with Crippen molar-refractivity contribution < 1.29 is 4.39 Å². The van der Waals surface area contributed by atoms with Gasteiger partial charge < -0.3 is 5.73 Å². The molecule has 0 atom stereocenters. The molecule has 2 heterocycles. The average molecular weight is 231 g/mol. The molecule has 0 saturated carbocycles. The summed E-state index contributed by atoms with van der Waals surface area (Å²) in [5.74, 6) is -0.475. The molecule has 0 aliphatic carbocycles. The topological polar surface area (TPSA) is 59.4 Å². The number of anilines is 1. The van der Waals surface area contributed by atoms with Gasteiger partial charge in [0.05, 0.1) is 11.7 Å². The fourth-order valence-electron chi connectivity index (χ4n) is 1.78. The van der Waals surface area contributed by atoms with Crippen LogP contribution < -0.4 is 10.7 Å². The van der Waals surface area contributed by atoms with Crippen LogP contribution in [0.2, 0.25) is 0 Å². The third-order valence-corrected chi connectivity index (χ3v) is 2.62. The smallest absolute Gasteiger partial charge is 0.211 e. The molecule has 2 aromatic rings. The molecular weight excluding hydrogens is 221 g/mol. The van der Waals surface area contributed by atoms with Crippen LogP contribution >= 0.6 is 0 Å². The lowest BCUT2D eigenvalue weighted by Crippen LogP contribution is -2.32. The number of fused-ring (bicyclic) bond motifs is 1. The van der Waals surface area contributed by atoms with Gasteiger partial charge in [-0.25, -0.2) is 4.99 Å². The van der Waals surface area contributed by atoms with Crippen LogP contribution in [0.15, 0.2) is 41.7 Å². The lowest BCUT2D eigenvalue weighted by atomic mass is 10.2. The first-order valence-corrected chi connectivity index (χ1v) is 5.13. The van der Waals surface area contributed by atoms with Crippen molar-refractivity contribution in [1.29, 1.82) is 0 Å². The van der Waals surface area contributed by atoms with Crippen molar-refractivity contribution in [2.75, 3.05) is 17.4 Å². The molecule has 0 saturated heterocycles. The number of nitrogens with two attached hydrogens (primary N) is 1. The molecule has 0 radical (unpaired) electrons. The highest BCUT2D eigenvalue weighted by atomic mass is 19.1. The van der Waals surface area contributed by atoms with Gasteiger partial charge in [0.15, 0.2) is 0 Å². The first-order valence-electron chi connectivity index (χ1n) is 5.13. The second-order valence-electron chi connectivity index (χ2n) is 3.69. The molecule has 1 aliphatic heterocycles. The van der Waals surface area contributed by atoms with E-state index in [1.807, 2.05) is 18.2 Å². The van der Waals surface area contributed by atoms with E-state index < -0.39 is 5.97 Å². The van der Waals surface area contributed by atoms with Crippen LogP contribution in [-0.4, -0.2) is 22.5 Å². The monoisotopic (exact) mass is 231 g/mol. The van der Waals surface area contributed by atoms with Crippen LogP contribution in [-0.2, 0) is 0 Å². The van der Waals surface area contributed by atoms with E-state index in [4.69, 9.17) is 5.73 Å². The minimum absolute atomic E-state index is 0.202.